The van der Waals surface area contributed by atoms with Crippen molar-refractivity contribution in [3.8, 4) is 16.9 Å². The van der Waals surface area contributed by atoms with Crippen LogP contribution in [0, 0.1) is 12.7 Å². The first-order valence-electron chi connectivity index (χ1n) is 9.72. The third-order valence-corrected chi connectivity index (χ3v) is 4.73. The molecule has 1 amide bonds. The van der Waals surface area contributed by atoms with Crippen LogP contribution in [0.3, 0.4) is 0 Å². The van der Waals surface area contributed by atoms with E-state index in [1.165, 1.54) is 6.07 Å². The minimum Gasteiger partial charge on any atom is -0.350 e. The van der Waals surface area contributed by atoms with Crippen LogP contribution >= 0.6 is 0 Å². The Labute approximate surface area is 174 Å². The van der Waals surface area contributed by atoms with Crippen molar-refractivity contribution in [2.24, 2.45) is 0 Å². The smallest absolute Gasteiger partial charge is 0.270 e. The highest BCUT2D eigenvalue weighted by Crippen LogP contribution is 2.24. The number of aryl methyl sites for hydroxylation is 1. The van der Waals surface area contributed by atoms with Crippen LogP contribution in [0.4, 0.5) is 4.39 Å². The van der Waals surface area contributed by atoms with Crippen molar-refractivity contribution < 1.29 is 9.18 Å². The summed E-state index contributed by atoms with van der Waals surface area (Å²) >= 11 is 0. The Hall–Kier alpha value is -3.80. The van der Waals surface area contributed by atoms with E-state index in [1.54, 1.807) is 35.1 Å². The summed E-state index contributed by atoms with van der Waals surface area (Å²) in [4.78, 5) is 17.2. The van der Waals surface area contributed by atoms with Crippen molar-refractivity contribution in [3.05, 3.63) is 102 Å². The van der Waals surface area contributed by atoms with Gasteiger partial charge in [-0.2, -0.15) is 5.10 Å². The fourth-order valence-electron chi connectivity index (χ4n) is 3.24. The largest absolute Gasteiger partial charge is 0.350 e. The predicted octanol–water partition coefficient (Wildman–Crippen LogP) is 4.35. The number of benzene rings is 2. The van der Waals surface area contributed by atoms with Crippen molar-refractivity contribution in [2.45, 2.75) is 13.3 Å². The Morgan fingerprint density at radius 1 is 1.03 bits per heavy atom. The molecule has 4 rings (SSSR count). The maximum atomic E-state index is 14.3. The highest BCUT2D eigenvalue weighted by atomic mass is 19.1. The molecule has 0 aliphatic rings. The van der Waals surface area contributed by atoms with Gasteiger partial charge < -0.3 is 5.32 Å². The first kappa shape index (κ1) is 19.5. The van der Waals surface area contributed by atoms with Gasteiger partial charge in [0.05, 0.1) is 11.4 Å². The van der Waals surface area contributed by atoms with Crippen molar-refractivity contribution in [2.75, 3.05) is 6.54 Å². The van der Waals surface area contributed by atoms with Crippen molar-refractivity contribution >= 4 is 5.91 Å². The van der Waals surface area contributed by atoms with Crippen LogP contribution in [0.25, 0.3) is 16.9 Å². The van der Waals surface area contributed by atoms with E-state index in [1.807, 2.05) is 49.4 Å². The van der Waals surface area contributed by atoms with Crippen molar-refractivity contribution in [1.82, 2.24) is 20.1 Å². The molecule has 1 N–H and O–H groups in total. The van der Waals surface area contributed by atoms with E-state index in [2.05, 4.69) is 15.4 Å². The molecule has 0 spiro atoms. The Morgan fingerprint density at radius 2 is 1.87 bits per heavy atom. The predicted molar refractivity (Wildman–Crippen MR) is 114 cm³/mol. The van der Waals surface area contributed by atoms with Crippen LogP contribution in [0.15, 0.2) is 79.0 Å². The number of aromatic nitrogens is 3. The number of carbonyl (C=O) groups excluding carboxylic acids is 1. The highest BCUT2D eigenvalue weighted by Gasteiger charge is 2.19. The lowest BCUT2D eigenvalue weighted by molar-refractivity contribution is 0.0946. The van der Waals surface area contributed by atoms with Gasteiger partial charge in [-0.15, -0.1) is 0 Å². The lowest BCUT2D eigenvalue weighted by atomic mass is 10.1. The molecule has 0 atom stereocenters. The third-order valence-electron chi connectivity index (χ3n) is 4.73. The fourth-order valence-corrected chi connectivity index (χ4v) is 3.24. The van der Waals surface area contributed by atoms with E-state index in [0.717, 1.165) is 16.9 Å². The fraction of sp³-hybridized carbons (Fsp3) is 0.125. The van der Waals surface area contributed by atoms with E-state index in [9.17, 15) is 9.18 Å². The molecule has 30 heavy (non-hydrogen) atoms. The molecule has 2 aromatic heterocycles. The average molecular weight is 400 g/mol. The Balaban J connectivity index is 1.64. The molecule has 2 aromatic carbocycles. The van der Waals surface area contributed by atoms with Crippen LogP contribution in [0.1, 0.15) is 21.7 Å². The Bertz CT molecular complexity index is 1170. The summed E-state index contributed by atoms with van der Waals surface area (Å²) in [6, 6.07) is 21.4. The number of amides is 1. The molecular formula is C24H21FN4O. The number of nitrogens with one attached hydrogen (secondary N) is 1. The maximum absolute atomic E-state index is 14.3. The molecule has 0 saturated heterocycles. The molecule has 0 radical (unpaired) electrons. The van der Waals surface area contributed by atoms with E-state index >= 15 is 0 Å². The SMILES string of the molecule is Cc1cccc(-n2nc(-c3ccccc3F)cc2C(=O)NCCc2ccccn2)c1. The summed E-state index contributed by atoms with van der Waals surface area (Å²) in [6.07, 6.45) is 2.34. The minimum absolute atomic E-state index is 0.275. The molecule has 6 heteroatoms. The zero-order valence-electron chi connectivity index (χ0n) is 16.5. The van der Waals surface area contributed by atoms with Gasteiger partial charge in [-0.05, 0) is 55.0 Å². The third kappa shape index (κ3) is 4.27. The van der Waals surface area contributed by atoms with Gasteiger partial charge in [0.2, 0.25) is 0 Å². The van der Waals surface area contributed by atoms with Gasteiger partial charge in [-0.25, -0.2) is 9.07 Å². The second kappa shape index (κ2) is 8.69. The topological polar surface area (TPSA) is 59.8 Å². The van der Waals surface area contributed by atoms with Gasteiger partial charge >= 0.3 is 0 Å². The minimum atomic E-state index is -0.381. The standard InChI is InChI=1S/C24H21FN4O/c1-17-7-6-9-19(15-17)29-23(16-22(28-29)20-10-2-3-11-21(20)25)24(30)27-14-12-18-8-4-5-13-26-18/h2-11,13,15-16H,12,14H2,1H3,(H,27,30). The average Bonchev–Trinajstić information content (AvgIpc) is 3.20. The summed E-state index contributed by atoms with van der Waals surface area (Å²) in [6.45, 7) is 2.40. The molecule has 0 aliphatic heterocycles. The van der Waals surface area contributed by atoms with Crippen molar-refractivity contribution in [1.29, 1.82) is 0 Å². The number of pyridine rings is 1. The second-order valence-electron chi connectivity index (χ2n) is 6.97. The van der Waals surface area contributed by atoms with E-state index in [4.69, 9.17) is 0 Å². The van der Waals surface area contributed by atoms with E-state index in [0.29, 0.717) is 29.9 Å². The molecule has 0 saturated carbocycles. The number of carbonyl (C=O) groups is 1. The van der Waals surface area contributed by atoms with Gasteiger partial charge in [0, 0.05) is 30.4 Å². The molecule has 4 aromatic rings. The van der Waals surface area contributed by atoms with Gasteiger partial charge in [-0.3, -0.25) is 9.78 Å². The lowest BCUT2D eigenvalue weighted by Crippen LogP contribution is -2.28. The highest BCUT2D eigenvalue weighted by molar-refractivity contribution is 5.94. The number of hydrogen-bond acceptors (Lipinski definition) is 3. The lowest BCUT2D eigenvalue weighted by Gasteiger charge is -2.09. The zero-order valence-corrected chi connectivity index (χ0v) is 16.5. The summed E-state index contributed by atoms with van der Waals surface area (Å²) in [7, 11) is 0. The molecule has 0 bridgehead atoms. The first-order chi connectivity index (χ1) is 14.6. The van der Waals surface area contributed by atoms with Crippen LogP contribution in [-0.4, -0.2) is 27.2 Å². The number of rotatable bonds is 6. The van der Waals surface area contributed by atoms with Gasteiger partial charge in [0.15, 0.2) is 0 Å². The Morgan fingerprint density at radius 3 is 2.63 bits per heavy atom. The summed E-state index contributed by atoms with van der Waals surface area (Å²) in [5.41, 5.74) is 3.79. The molecular weight excluding hydrogens is 379 g/mol. The number of hydrogen-bond donors (Lipinski definition) is 1. The molecule has 0 aliphatic carbocycles. The van der Waals surface area contributed by atoms with E-state index in [-0.39, 0.29) is 11.7 Å². The molecule has 2 heterocycles. The molecule has 0 fully saturated rings. The maximum Gasteiger partial charge on any atom is 0.270 e. The van der Waals surface area contributed by atoms with Crippen LogP contribution in [0.5, 0.6) is 0 Å². The zero-order chi connectivity index (χ0) is 20.9. The monoisotopic (exact) mass is 400 g/mol. The second-order valence-corrected chi connectivity index (χ2v) is 6.97. The van der Waals surface area contributed by atoms with Crippen molar-refractivity contribution in [3.63, 3.8) is 0 Å². The van der Waals surface area contributed by atoms with E-state index < -0.39 is 0 Å². The Kier molecular flexibility index (Phi) is 5.66. The van der Waals surface area contributed by atoms with Crippen LogP contribution < -0.4 is 5.32 Å². The normalized spacial score (nSPS) is 10.7. The van der Waals surface area contributed by atoms with Crippen LogP contribution in [0.2, 0.25) is 0 Å². The summed E-state index contributed by atoms with van der Waals surface area (Å²) in [5, 5.41) is 7.46. The number of nitrogens with zero attached hydrogens (tertiary/aromatic N) is 3. The first-order valence-corrected chi connectivity index (χ1v) is 9.72. The number of halogens is 1. The quantitative estimate of drug-likeness (QED) is 0.523. The van der Waals surface area contributed by atoms with Gasteiger partial charge in [0.1, 0.15) is 11.5 Å². The summed E-state index contributed by atoms with van der Waals surface area (Å²) < 4.78 is 15.9. The molecule has 150 valence electrons. The molecule has 0 unspecified atom stereocenters. The van der Waals surface area contributed by atoms with Gasteiger partial charge in [-0.1, -0.05) is 30.3 Å². The summed E-state index contributed by atoms with van der Waals surface area (Å²) in [5.74, 6) is -0.656. The van der Waals surface area contributed by atoms with Gasteiger partial charge in [0.25, 0.3) is 5.91 Å². The molecule has 5 nitrogen and oxygen atoms in total. The van der Waals surface area contributed by atoms with Crippen LogP contribution in [-0.2, 0) is 6.42 Å².